The van der Waals surface area contributed by atoms with Crippen LogP contribution in [0.3, 0.4) is 0 Å². The SMILES string of the molecule is CCC(=Cc1cc(Cl)ccc1Br)CNC(C)C. The van der Waals surface area contributed by atoms with Gasteiger partial charge in [-0.3, -0.25) is 0 Å². The molecule has 1 aromatic rings. The quantitative estimate of drug-likeness (QED) is 0.815. The molecule has 1 nitrogen and oxygen atoms in total. The average Bonchev–Trinajstić information content (AvgIpc) is 2.28. The Morgan fingerprint density at radius 2 is 2.18 bits per heavy atom. The molecule has 0 unspecified atom stereocenters. The van der Waals surface area contributed by atoms with E-state index in [1.807, 2.05) is 18.2 Å². The van der Waals surface area contributed by atoms with Crippen molar-refractivity contribution in [2.45, 2.75) is 33.2 Å². The van der Waals surface area contributed by atoms with Crippen LogP contribution in [0.4, 0.5) is 0 Å². The van der Waals surface area contributed by atoms with Crippen molar-refractivity contribution in [3.8, 4) is 0 Å². The molecule has 0 aromatic heterocycles. The van der Waals surface area contributed by atoms with Gasteiger partial charge in [-0.05, 0) is 30.2 Å². The molecule has 94 valence electrons. The lowest BCUT2D eigenvalue weighted by molar-refractivity contribution is 0.617. The molecular weight excluding hydrogens is 298 g/mol. The summed E-state index contributed by atoms with van der Waals surface area (Å²) >= 11 is 9.55. The maximum Gasteiger partial charge on any atom is 0.0412 e. The Hall–Kier alpha value is -0.310. The van der Waals surface area contributed by atoms with Gasteiger partial charge in [-0.2, -0.15) is 0 Å². The van der Waals surface area contributed by atoms with Crippen molar-refractivity contribution in [1.82, 2.24) is 5.32 Å². The molecule has 0 amide bonds. The minimum Gasteiger partial charge on any atom is -0.311 e. The number of rotatable bonds is 5. The summed E-state index contributed by atoms with van der Waals surface area (Å²) in [6, 6.07) is 6.36. The zero-order chi connectivity index (χ0) is 12.8. The Morgan fingerprint density at radius 1 is 1.47 bits per heavy atom. The van der Waals surface area contributed by atoms with Crippen LogP contribution in [-0.2, 0) is 0 Å². The van der Waals surface area contributed by atoms with Gasteiger partial charge < -0.3 is 5.32 Å². The van der Waals surface area contributed by atoms with Crippen LogP contribution in [0.25, 0.3) is 6.08 Å². The van der Waals surface area contributed by atoms with Crippen molar-refractivity contribution >= 4 is 33.6 Å². The molecule has 0 radical (unpaired) electrons. The molecule has 17 heavy (non-hydrogen) atoms. The van der Waals surface area contributed by atoms with Gasteiger partial charge >= 0.3 is 0 Å². The summed E-state index contributed by atoms with van der Waals surface area (Å²) in [5.41, 5.74) is 2.52. The standard InChI is InChI=1S/C14H19BrClN/c1-4-11(9-17-10(2)3)7-12-8-13(16)5-6-14(12)15/h5-8,10,17H,4,9H2,1-3H3. The normalized spacial score (nSPS) is 12.2. The van der Waals surface area contributed by atoms with Crippen molar-refractivity contribution < 1.29 is 0 Å². The largest absolute Gasteiger partial charge is 0.311 e. The van der Waals surface area contributed by atoms with Gasteiger partial charge in [0.2, 0.25) is 0 Å². The lowest BCUT2D eigenvalue weighted by Crippen LogP contribution is -2.24. The lowest BCUT2D eigenvalue weighted by atomic mass is 10.1. The molecule has 0 atom stereocenters. The van der Waals surface area contributed by atoms with E-state index in [0.717, 1.165) is 28.0 Å². The minimum atomic E-state index is 0.507. The van der Waals surface area contributed by atoms with E-state index in [0.29, 0.717) is 6.04 Å². The first-order valence-corrected chi connectivity index (χ1v) is 7.08. The highest BCUT2D eigenvalue weighted by molar-refractivity contribution is 9.10. The van der Waals surface area contributed by atoms with E-state index >= 15 is 0 Å². The molecule has 0 aliphatic heterocycles. The maximum absolute atomic E-state index is 6.01. The van der Waals surface area contributed by atoms with Gasteiger partial charge in [0.1, 0.15) is 0 Å². The summed E-state index contributed by atoms with van der Waals surface area (Å²) in [4.78, 5) is 0. The smallest absolute Gasteiger partial charge is 0.0412 e. The Kier molecular flexibility index (Phi) is 6.24. The summed E-state index contributed by atoms with van der Waals surface area (Å²) in [6.07, 6.45) is 3.24. The molecule has 0 bridgehead atoms. The van der Waals surface area contributed by atoms with Crippen molar-refractivity contribution in [2.24, 2.45) is 0 Å². The number of hydrogen-bond donors (Lipinski definition) is 1. The van der Waals surface area contributed by atoms with Crippen molar-refractivity contribution in [3.63, 3.8) is 0 Å². The Labute approximate surface area is 117 Å². The molecule has 0 fully saturated rings. The first-order valence-electron chi connectivity index (χ1n) is 5.90. The van der Waals surface area contributed by atoms with Crippen LogP contribution in [0.5, 0.6) is 0 Å². The third-order valence-corrected chi connectivity index (χ3v) is 3.47. The molecule has 0 aliphatic carbocycles. The monoisotopic (exact) mass is 315 g/mol. The minimum absolute atomic E-state index is 0.507. The fraction of sp³-hybridized carbons (Fsp3) is 0.429. The van der Waals surface area contributed by atoms with Gasteiger partial charge in [0.05, 0.1) is 0 Å². The molecular formula is C14H19BrClN. The number of benzene rings is 1. The third-order valence-electron chi connectivity index (χ3n) is 2.51. The number of nitrogens with one attached hydrogen (secondary N) is 1. The van der Waals surface area contributed by atoms with Gasteiger partial charge in [-0.1, -0.05) is 60.0 Å². The van der Waals surface area contributed by atoms with Crippen molar-refractivity contribution in [1.29, 1.82) is 0 Å². The second-order valence-electron chi connectivity index (χ2n) is 4.36. The third kappa shape index (κ3) is 5.24. The fourth-order valence-corrected chi connectivity index (χ4v) is 2.00. The Bertz CT molecular complexity index is 399. The molecule has 1 aromatic carbocycles. The van der Waals surface area contributed by atoms with E-state index in [4.69, 9.17) is 11.6 Å². The predicted octanol–water partition coefficient (Wildman–Crippen LogP) is 4.89. The number of hydrogen-bond acceptors (Lipinski definition) is 1. The zero-order valence-electron chi connectivity index (χ0n) is 10.6. The van der Waals surface area contributed by atoms with Crippen LogP contribution in [0.1, 0.15) is 32.8 Å². The summed E-state index contributed by atoms with van der Waals surface area (Å²) in [5, 5.41) is 4.20. The lowest BCUT2D eigenvalue weighted by Gasteiger charge is -2.11. The van der Waals surface area contributed by atoms with E-state index < -0.39 is 0 Å². The van der Waals surface area contributed by atoms with Crippen LogP contribution in [0, 0.1) is 0 Å². The molecule has 3 heteroatoms. The summed E-state index contributed by atoms with van der Waals surface area (Å²) in [6.45, 7) is 7.41. The van der Waals surface area contributed by atoms with Gasteiger partial charge in [-0.15, -0.1) is 0 Å². The van der Waals surface area contributed by atoms with Crippen molar-refractivity contribution in [3.05, 3.63) is 38.8 Å². The topological polar surface area (TPSA) is 12.0 Å². The summed E-state index contributed by atoms with van der Waals surface area (Å²) in [7, 11) is 0. The molecule has 1 N–H and O–H groups in total. The van der Waals surface area contributed by atoms with E-state index in [1.54, 1.807) is 0 Å². The van der Waals surface area contributed by atoms with Crippen molar-refractivity contribution in [2.75, 3.05) is 6.54 Å². The van der Waals surface area contributed by atoms with Gasteiger partial charge in [0.15, 0.2) is 0 Å². The first-order chi connectivity index (χ1) is 8.02. The van der Waals surface area contributed by atoms with Gasteiger partial charge in [-0.25, -0.2) is 0 Å². The molecule has 0 saturated heterocycles. The predicted molar refractivity (Wildman–Crippen MR) is 80.6 cm³/mol. The van der Waals surface area contributed by atoms with E-state index in [2.05, 4.69) is 48.1 Å². The Morgan fingerprint density at radius 3 is 2.76 bits per heavy atom. The molecule has 0 heterocycles. The molecule has 0 saturated carbocycles. The van der Waals surface area contributed by atoms with Gasteiger partial charge in [0, 0.05) is 22.1 Å². The van der Waals surface area contributed by atoms with Crippen LogP contribution >= 0.6 is 27.5 Å². The second kappa shape index (κ2) is 7.20. The number of halogens is 2. The molecule has 1 rings (SSSR count). The van der Waals surface area contributed by atoms with E-state index in [1.165, 1.54) is 5.57 Å². The summed E-state index contributed by atoms with van der Waals surface area (Å²) < 4.78 is 1.08. The maximum atomic E-state index is 6.01. The highest BCUT2D eigenvalue weighted by Crippen LogP contribution is 2.23. The first kappa shape index (κ1) is 14.7. The Balaban J connectivity index is 2.86. The molecule has 0 spiro atoms. The second-order valence-corrected chi connectivity index (χ2v) is 5.65. The van der Waals surface area contributed by atoms with Crippen LogP contribution < -0.4 is 5.32 Å². The fourth-order valence-electron chi connectivity index (χ4n) is 1.46. The van der Waals surface area contributed by atoms with Crippen LogP contribution in [0.2, 0.25) is 5.02 Å². The van der Waals surface area contributed by atoms with E-state index in [9.17, 15) is 0 Å². The summed E-state index contributed by atoms with van der Waals surface area (Å²) in [5.74, 6) is 0. The van der Waals surface area contributed by atoms with Crippen LogP contribution in [0.15, 0.2) is 28.2 Å². The molecule has 0 aliphatic rings. The van der Waals surface area contributed by atoms with E-state index in [-0.39, 0.29) is 0 Å². The van der Waals surface area contributed by atoms with Crippen LogP contribution in [-0.4, -0.2) is 12.6 Å². The highest BCUT2D eigenvalue weighted by atomic mass is 79.9. The van der Waals surface area contributed by atoms with Gasteiger partial charge in [0.25, 0.3) is 0 Å². The highest BCUT2D eigenvalue weighted by Gasteiger charge is 2.01. The average molecular weight is 317 g/mol. The zero-order valence-corrected chi connectivity index (χ0v) is 12.9.